The summed E-state index contributed by atoms with van der Waals surface area (Å²) < 4.78 is 42.8. The lowest BCUT2D eigenvalue weighted by Crippen LogP contribution is -2.39. The zero-order valence-corrected chi connectivity index (χ0v) is 61.5. The van der Waals surface area contributed by atoms with E-state index in [-0.39, 0.29) is 91.8 Å². The van der Waals surface area contributed by atoms with Gasteiger partial charge in [-0.2, -0.15) is 0 Å². The van der Waals surface area contributed by atoms with Gasteiger partial charge in [0.15, 0.2) is 34.7 Å². The maximum Gasteiger partial charge on any atom is 0.339 e. The van der Waals surface area contributed by atoms with Crippen LogP contribution in [0.15, 0.2) is 176 Å². The van der Waals surface area contributed by atoms with Gasteiger partial charge in [-0.05, 0) is 189 Å². The number of ether oxygens (including phenoxy) is 8. The average Bonchev–Trinajstić information content (AvgIpc) is 0.781. The van der Waals surface area contributed by atoms with Crippen LogP contribution in [0.3, 0.4) is 0 Å². The Labute approximate surface area is 639 Å². The molecule has 0 fully saturated rings. The molecular formula is C82H78O30. The first-order valence-corrected chi connectivity index (χ1v) is 34.0. The molecule has 112 heavy (non-hydrogen) atoms. The summed E-state index contributed by atoms with van der Waals surface area (Å²) in [4.78, 5) is 176. The summed E-state index contributed by atoms with van der Waals surface area (Å²) in [7, 11) is 0. The van der Waals surface area contributed by atoms with Crippen molar-refractivity contribution in [2.24, 2.45) is 11.3 Å². The van der Waals surface area contributed by atoms with Gasteiger partial charge in [-0.15, -0.1) is 0 Å². The number of hydrogen-bond acceptors (Lipinski definition) is 26. The second-order valence-electron chi connectivity index (χ2n) is 26.9. The minimum Gasteiger partial charge on any atom is -0.490 e. The summed E-state index contributed by atoms with van der Waals surface area (Å²) >= 11 is 0. The van der Waals surface area contributed by atoms with Crippen molar-refractivity contribution >= 4 is 82.5 Å². The largest absolute Gasteiger partial charge is 0.490 e. The van der Waals surface area contributed by atoms with E-state index in [1.807, 2.05) is 0 Å². The van der Waals surface area contributed by atoms with Crippen LogP contribution >= 0.6 is 0 Å². The van der Waals surface area contributed by atoms with Gasteiger partial charge in [-0.1, -0.05) is 42.5 Å². The lowest BCUT2D eigenvalue weighted by Gasteiger charge is -2.24. The van der Waals surface area contributed by atoms with E-state index in [1.54, 1.807) is 0 Å². The Morgan fingerprint density at radius 1 is 0.312 bits per heavy atom. The van der Waals surface area contributed by atoms with E-state index in [4.69, 9.17) is 37.9 Å². The standard InChI is InChI=1S/C41H38O15.C41H40O15/c1-40(2,51)34(43)23-5-11-27(12-6-23)53-17-19-55-38(49)31-21-25(9-15-29(31)36(45)46)33(42)26-10-16-30(37(47)48)32(22-26)39(50)56-20-18-54-28-13-7-24(8-14-28)35(44)41(3,4)52;1-39(2,51)33(43)25-5-10-28(11-6-25)53-19-21-55-36(47)31-23-27(9-14-30(31)35(45)46)32(42)24-15-17-41(18-16-24,37(48)49)38(50)56-22-20-54-29-12-7-26(8-13-29)34(44)40(3,4)52/h5-16,21-22,51-52H,17-20H2,1-4H3,(H,45,46)(H,47,48);5-18,23-24,51-52H,19-22H2,1-4H3,(H,45,46)(H,48,49). The molecule has 0 bridgehead atoms. The van der Waals surface area contributed by atoms with E-state index >= 15 is 0 Å². The first-order chi connectivity index (χ1) is 52.5. The summed E-state index contributed by atoms with van der Waals surface area (Å²) in [6.45, 7) is 8.95. The Hall–Kier alpha value is -13.2. The van der Waals surface area contributed by atoms with Crippen molar-refractivity contribution in [3.05, 3.63) is 248 Å². The number of esters is 4. The molecule has 586 valence electrons. The fraction of sp³-hybridized carbons (Fsp3) is 0.268. The number of rotatable bonds is 36. The van der Waals surface area contributed by atoms with Crippen LogP contribution in [0.4, 0.5) is 0 Å². The molecule has 7 aromatic rings. The van der Waals surface area contributed by atoms with Crippen LogP contribution in [0.1, 0.15) is 185 Å². The third-order valence-electron chi connectivity index (χ3n) is 16.4. The summed E-state index contributed by atoms with van der Waals surface area (Å²) in [5.74, 6) is -13.6. The molecule has 0 aliphatic heterocycles. The summed E-state index contributed by atoms with van der Waals surface area (Å²) in [5.41, 5.74) is -10.6. The smallest absolute Gasteiger partial charge is 0.339 e. The quantitative estimate of drug-likeness (QED) is 0.00454. The van der Waals surface area contributed by atoms with Crippen molar-refractivity contribution in [1.29, 1.82) is 0 Å². The Balaban J connectivity index is 0.000000311. The van der Waals surface area contributed by atoms with Gasteiger partial charge in [0.05, 0.1) is 39.3 Å². The Bertz CT molecular complexity index is 4660. The first kappa shape index (κ1) is 86.1. The monoisotopic (exact) mass is 1540 g/mol. The molecule has 30 nitrogen and oxygen atoms in total. The number of hydrogen-bond donors (Lipinski definition) is 8. The lowest BCUT2D eigenvalue weighted by molar-refractivity contribution is -0.162. The molecule has 0 saturated heterocycles. The van der Waals surface area contributed by atoms with Crippen molar-refractivity contribution in [2.45, 2.75) is 77.8 Å². The predicted octanol–water partition coefficient (Wildman–Crippen LogP) is 8.84. The highest BCUT2D eigenvalue weighted by atomic mass is 16.6. The van der Waals surface area contributed by atoms with E-state index in [1.165, 1.54) is 171 Å². The Morgan fingerprint density at radius 2 is 0.554 bits per heavy atom. The van der Waals surface area contributed by atoms with Gasteiger partial charge in [-0.3, -0.25) is 38.4 Å². The number of Topliss-reactive ketones (excluding diaryl/α,β-unsaturated/α-hetero) is 5. The molecule has 1 aliphatic rings. The van der Waals surface area contributed by atoms with E-state index < -0.39 is 150 Å². The molecule has 0 unspecified atom stereocenters. The molecule has 0 atom stereocenters. The molecule has 0 spiro atoms. The molecule has 8 N–H and O–H groups in total. The number of ketones is 6. The second-order valence-corrected chi connectivity index (χ2v) is 26.9. The number of aromatic carboxylic acids is 3. The van der Waals surface area contributed by atoms with Crippen LogP contribution in [0.5, 0.6) is 23.0 Å². The van der Waals surface area contributed by atoms with E-state index in [0.29, 0.717) is 23.0 Å². The number of aliphatic hydroxyl groups is 4. The van der Waals surface area contributed by atoms with E-state index in [0.717, 1.165) is 60.7 Å². The minimum atomic E-state index is -2.27. The van der Waals surface area contributed by atoms with Crippen LogP contribution in [0, 0.1) is 11.3 Å². The van der Waals surface area contributed by atoms with Gasteiger partial charge >= 0.3 is 47.8 Å². The topological polar surface area (TPSA) is 475 Å². The number of carbonyl (C=O) groups excluding carboxylic acids is 10. The van der Waals surface area contributed by atoms with Crippen molar-refractivity contribution in [2.75, 3.05) is 52.9 Å². The molecular weight excluding hydrogens is 1460 g/mol. The van der Waals surface area contributed by atoms with Crippen LogP contribution in [0.25, 0.3) is 0 Å². The van der Waals surface area contributed by atoms with Crippen LogP contribution in [-0.2, 0) is 28.5 Å². The fourth-order valence-corrected chi connectivity index (χ4v) is 10.4. The molecule has 1 aliphatic carbocycles. The van der Waals surface area contributed by atoms with Crippen molar-refractivity contribution in [1.82, 2.24) is 0 Å². The number of allylic oxidation sites excluding steroid dienone is 2. The highest BCUT2D eigenvalue weighted by molar-refractivity contribution is 6.14. The van der Waals surface area contributed by atoms with Crippen molar-refractivity contribution in [3.63, 3.8) is 0 Å². The summed E-state index contributed by atoms with van der Waals surface area (Å²) in [6.07, 6.45) is 4.36. The number of carboxylic acid groups (broad SMARTS) is 4. The predicted molar refractivity (Wildman–Crippen MR) is 392 cm³/mol. The second kappa shape index (κ2) is 36.8. The molecule has 8 rings (SSSR count). The highest BCUT2D eigenvalue weighted by Crippen LogP contribution is 2.33. The number of benzene rings is 7. The summed E-state index contributed by atoms with van der Waals surface area (Å²) in [5, 5.41) is 78.6. The van der Waals surface area contributed by atoms with Crippen LogP contribution < -0.4 is 18.9 Å². The lowest BCUT2D eigenvalue weighted by atomic mass is 9.79. The zero-order valence-electron chi connectivity index (χ0n) is 61.5. The third-order valence-corrected chi connectivity index (χ3v) is 16.4. The molecule has 7 aromatic carbocycles. The van der Waals surface area contributed by atoms with Crippen LogP contribution in [0.2, 0.25) is 0 Å². The zero-order chi connectivity index (χ0) is 82.8. The average molecular weight is 1540 g/mol. The molecule has 0 heterocycles. The molecule has 30 heteroatoms. The Kier molecular flexibility index (Phi) is 28.3. The number of aliphatic carboxylic acids is 1. The maximum atomic E-state index is 13.5. The third kappa shape index (κ3) is 22.7. The molecule has 0 amide bonds. The maximum absolute atomic E-state index is 13.5. The van der Waals surface area contributed by atoms with Gasteiger partial charge in [-0.25, -0.2) is 28.8 Å². The fourth-order valence-electron chi connectivity index (χ4n) is 10.4. The number of carboxylic acids is 4. The normalized spacial score (nSPS) is 13.8. The van der Waals surface area contributed by atoms with Gasteiger partial charge in [0.1, 0.15) is 98.3 Å². The van der Waals surface area contributed by atoms with Gasteiger partial charge < -0.3 is 78.7 Å². The van der Waals surface area contributed by atoms with Gasteiger partial charge in [0.2, 0.25) is 5.41 Å². The van der Waals surface area contributed by atoms with Crippen molar-refractivity contribution < 1.29 is 146 Å². The number of carbonyl (C=O) groups is 14. The van der Waals surface area contributed by atoms with Gasteiger partial charge in [0, 0.05) is 38.9 Å². The van der Waals surface area contributed by atoms with E-state index in [9.17, 15) is 108 Å². The van der Waals surface area contributed by atoms with Gasteiger partial charge in [0.25, 0.3) is 0 Å². The minimum absolute atomic E-state index is 0.0989. The first-order valence-electron chi connectivity index (χ1n) is 34.0. The van der Waals surface area contributed by atoms with E-state index in [2.05, 4.69) is 0 Å². The molecule has 0 radical (unpaired) electrons. The highest BCUT2D eigenvalue weighted by Gasteiger charge is 2.46. The molecule has 0 saturated carbocycles. The molecule has 0 aromatic heterocycles. The Morgan fingerprint density at radius 3 is 0.804 bits per heavy atom. The summed E-state index contributed by atoms with van der Waals surface area (Å²) in [6, 6.07) is 33.1. The van der Waals surface area contributed by atoms with Crippen molar-refractivity contribution in [3.8, 4) is 23.0 Å². The SMILES string of the molecule is CC(C)(O)C(=O)c1ccc(OCCOC(=O)c2cc(C(=O)C3C=CC(C(=O)O)(C(=O)OCCOc4ccc(C(=O)C(C)(C)O)cc4)C=C3)ccc2C(=O)O)cc1.CC(C)(O)C(=O)c1ccc(OCCOC(=O)c2cc(C(=O)c3ccc(C(=O)O)c(C(=O)OCCOc4ccc(C(=O)C(C)(C)O)cc4)c3)ccc2C(=O)O)cc1. The van der Waals surface area contributed by atoms with Crippen LogP contribution in [-0.4, -0.2) is 199 Å².